The van der Waals surface area contributed by atoms with Gasteiger partial charge in [0.2, 0.25) is 0 Å². The quantitative estimate of drug-likeness (QED) is 0.420. The highest BCUT2D eigenvalue weighted by molar-refractivity contribution is 5.92. The van der Waals surface area contributed by atoms with Crippen LogP contribution in [0.3, 0.4) is 0 Å². The molecule has 0 saturated carbocycles. The Kier molecular flexibility index (Phi) is 8.16. The SMILES string of the molecule is COc1ccc(NC(N)=NCC(CO)Cc2ccc(OC(F)(F)F)cc2)cc1OC. The van der Waals surface area contributed by atoms with Crippen LogP contribution in [0.5, 0.6) is 17.2 Å². The molecular weight excluding hydrogens is 403 g/mol. The van der Waals surface area contributed by atoms with Crippen molar-refractivity contribution < 1.29 is 32.5 Å². The second kappa shape index (κ2) is 10.6. The Morgan fingerprint density at radius 2 is 1.77 bits per heavy atom. The third-order valence-electron chi connectivity index (χ3n) is 4.12. The van der Waals surface area contributed by atoms with Gasteiger partial charge in [0, 0.05) is 30.8 Å². The van der Waals surface area contributed by atoms with E-state index in [-0.39, 0.29) is 30.8 Å². The Bertz CT molecular complexity index is 842. The number of hydrogen-bond donors (Lipinski definition) is 3. The van der Waals surface area contributed by atoms with Gasteiger partial charge in [0.15, 0.2) is 17.5 Å². The van der Waals surface area contributed by atoms with Gasteiger partial charge in [-0.2, -0.15) is 0 Å². The molecule has 0 saturated heterocycles. The van der Waals surface area contributed by atoms with Crippen molar-refractivity contribution in [3.8, 4) is 17.2 Å². The number of nitrogens with one attached hydrogen (secondary N) is 1. The number of benzene rings is 2. The van der Waals surface area contributed by atoms with Gasteiger partial charge in [0.25, 0.3) is 0 Å². The molecule has 0 bridgehead atoms. The van der Waals surface area contributed by atoms with Gasteiger partial charge in [-0.05, 0) is 36.2 Å². The number of nitrogens with two attached hydrogens (primary N) is 1. The van der Waals surface area contributed by atoms with Crippen LogP contribution in [0.2, 0.25) is 0 Å². The summed E-state index contributed by atoms with van der Waals surface area (Å²) in [5.41, 5.74) is 7.29. The van der Waals surface area contributed by atoms with E-state index >= 15 is 0 Å². The van der Waals surface area contributed by atoms with E-state index < -0.39 is 6.36 Å². The number of guanidine groups is 1. The summed E-state index contributed by atoms with van der Waals surface area (Å²) in [5, 5.41) is 12.5. The van der Waals surface area contributed by atoms with Crippen molar-refractivity contribution >= 4 is 11.6 Å². The third-order valence-corrected chi connectivity index (χ3v) is 4.12. The number of rotatable bonds is 9. The number of ether oxygens (including phenoxy) is 3. The summed E-state index contributed by atoms with van der Waals surface area (Å²) in [6, 6.07) is 10.7. The maximum atomic E-state index is 12.2. The van der Waals surface area contributed by atoms with Crippen LogP contribution in [0.25, 0.3) is 0 Å². The van der Waals surface area contributed by atoms with Gasteiger partial charge in [-0.15, -0.1) is 13.2 Å². The fourth-order valence-electron chi connectivity index (χ4n) is 2.68. The molecule has 0 fully saturated rings. The fraction of sp³-hybridized carbons (Fsp3) is 0.350. The van der Waals surface area contributed by atoms with Crippen molar-refractivity contribution in [2.24, 2.45) is 16.6 Å². The zero-order chi connectivity index (χ0) is 22.1. The number of hydrogen-bond acceptors (Lipinski definition) is 5. The van der Waals surface area contributed by atoms with Gasteiger partial charge in [-0.3, -0.25) is 4.99 Å². The van der Waals surface area contributed by atoms with Crippen molar-refractivity contribution in [3.05, 3.63) is 48.0 Å². The molecule has 0 heterocycles. The molecule has 30 heavy (non-hydrogen) atoms. The van der Waals surface area contributed by atoms with Crippen LogP contribution in [0, 0.1) is 5.92 Å². The van der Waals surface area contributed by atoms with Crippen LogP contribution in [0.15, 0.2) is 47.5 Å². The van der Waals surface area contributed by atoms with Gasteiger partial charge >= 0.3 is 6.36 Å². The van der Waals surface area contributed by atoms with Gasteiger partial charge in [0.1, 0.15) is 5.75 Å². The van der Waals surface area contributed by atoms with Crippen LogP contribution >= 0.6 is 0 Å². The number of nitrogens with zero attached hydrogens (tertiary/aromatic N) is 1. The Balaban J connectivity index is 1.94. The number of aliphatic hydroxyl groups is 1. The van der Waals surface area contributed by atoms with E-state index in [0.717, 1.165) is 5.56 Å². The highest BCUT2D eigenvalue weighted by Gasteiger charge is 2.30. The number of aliphatic imine (C=N–C) groups is 1. The first kappa shape index (κ1) is 23.1. The molecule has 0 aliphatic rings. The molecule has 0 aromatic heterocycles. The molecule has 4 N–H and O–H groups in total. The Morgan fingerprint density at radius 1 is 1.10 bits per heavy atom. The van der Waals surface area contributed by atoms with Crippen molar-refractivity contribution in [1.82, 2.24) is 0 Å². The maximum Gasteiger partial charge on any atom is 0.573 e. The second-order valence-corrected chi connectivity index (χ2v) is 6.37. The smallest absolute Gasteiger partial charge is 0.493 e. The van der Waals surface area contributed by atoms with E-state index in [0.29, 0.717) is 23.6 Å². The molecule has 1 atom stereocenters. The third kappa shape index (κ3) is 7.36. The Morgan fingerprint density at radius 3 is 2.33 bits per heavy atom. The fourth-order valence-corrected chi connectivity index (χ4v) is 2.68. The molecule has 1 unspecified atom stereocenters. The number of halogens is 3. The number of alkyl halides is 3. The molecule has 0 aliphatic heterocycles. The first-order chi connectivity index (χ1) is 14.2. The van der Waals surface area contributed by atoms with E-state index in [1.165, 1.54) is 38.5 Å². The molecule has 0 aliphatic carbocycles. The molecule has 0 radical (unpaired) electrons. The van der Waals surface area contributed by atoms with E-state index in [9.17, 15) is 18.3 Å². The van der Waals surface area contributed by atoms with E-state index in [4.69, 9.17) is 15.2 Å². The summed E-state index contributed by atoms with van der Waals surface area (Å²) in [5.74, 6) is 0.694. The second-order valence-electron chi connectivity index (χ2n) is 6.37. The molecule has 2 aromatic rings. The predicted octanol–water partition coefficient (Wildman–Crippen LogP) is 3.18. The van der Waals surface area contributed by atoms with Crippen molar-refractivity contribution in [2.45, 2.75) is 12.8 Å². The minimum atomic E-state index is -4.73. The van der Waals surface area contributed by atoms with Crippen LogP contribution in [-0.4, -0.2) is 44.8 Å². The summed E-state index contributed by atoms with van der Waals surface area (Å²) >= 11 is 0. The molecule has 0 spiro atoms. The lowest BCUT2D eigenvalue weighted by Crippen LogP contribution is -2.25. The average molecular weight is 427 g/mol. The molecule has 164 valence electrons. The Labute approximate surface area is 172 Å². The zero-order valence-corrected chi connectivity index (χ0v) is 16.6. The number of anilines is 1. The summed E-state index contributed by atoms with van der Waals surface area (Å²) in [6.07, 6.45) is -4.32. The standard InChI is InChI=1S/C20H24F3N3O4/c1-28-17-8-5-15(10-18(17)29-2)26-19(24)25-11-14(12-27)9-13-3-6-16(7-4-13)30-20(21,22)23/h3-8,10,14,27H,9,11-12H2,1-2H3,(H3,24,25,26). The van der Waals surface area contributed by atoms with E-state index in [1.807, 2.05) is 0 Å². The molecule has 2 aromatic carbocycles. The van der Waals surface area contributed by atoms with Gasteiger partial charge < -0.3 is 30.4 Å². The maximum absolute atomic E-state index is 12.2. The lowest BCUT2D eigenvalue weighted by Gasteiger charge is -2.14. The van der Waals surface area contributed by atoms with E-state index in [2.05, 4.69) is 15.0 Å². The summed E-state index contributed by atoms with van der Waals surface area (Å²) in [7, 11) is 3.05. The molecule has 10 heteroatoms. The largest absolute Gasteiger partial charge is 0.573 e. The van der Waals surface area contributed by atoms with Crippen LogP contribution in [0.4, 0.5) is 18.9 Å². The summed E-state index contributed by atoms with van der Waals surface area (Å²) < 4.78 is 50.9. The zero-order valence-electron chi connectivity index (χ0n) is 16.6. The van der Waals surface area contributed by atoms with Crippen molar-refractivity contribution in [1.29, 1.82) is 0 Å². The Hall–Kier alpha value is -3.14. The van der Waals surface area contributed by atoms with Crippen LogP contribution in [0.1, 0.15) is 5.56 Å². The molecule has 7 nitrogen and oxygen atoms in total. The minimum absolute atomic E-state index is 0.148. The van der Waals surface area contributed by atoms with Crippen LogP contribution < -0.4 is 25.3 Å². The molecule has 2 rings (SSSR count). The molecular formula is C20H24F3N3O4. The average Bonchev–Trinajstić information content (AvgIpc) is 2.71. The number of aliphatic hydroxyl groups excluding tert-OH is 1. The highest BCUT2D eigenvalue weighted by Crippen LogP contribution is 2.29. The van der Waals surface area contributed by atoms with Crippen LogP contribution in [-0.2, 0) is 6.42 Å². The minimum Gasteiger partial charge on any atom is -0.493 e. The first-order valence-corrected chi connectivity index (χ1v) is 8.98. The van der Waals surface area contributed by atoms with Gasteiger partial charge in [-0.25, -0.2) is 0 Å². The van der Waals surface area contributed by atoms with Crippen molar-refractivity contribution in [2.75, 3.05) is 32.7 Å². The predicted molar refractivity (Wildman–Crippen MR) is 107 cm³/mol. The summed E-state index contributed by atoms with van der Waals surface area (Å²) in [4.78, 5) is 4.23. The van der Waals surface area contributed by atoms with E-state index in [1.54, 1.807) is 18.2 Å². The first-order valence-electron chi connectivity index (χ1n) is 8.98. The highest BCUT2D eigenvalue weighted by atomic mass is 19.4. The molecule has 0 amide bonds. The lowest BCUT2D eigenvalue weighted by molar-refractivity contribution is -0.274. The lowest BCUT2D eigenvalue weighted by atomic mass is 10.0. The monoisotopic (exact) mass is 427 g/mol. The van der Waals surface area contributed by atoms with Crippen molar-refractivity contribution in [3.63, 3.8) is 0 Å². The number of methoxy groups -OCH3 is 2. The normalized spacial score (nSPS) is 12.9. The van der Waals surface area contributed by atoms with Gasteiger partial charge in [-0.1, -0.05) is 12.1 Å². The van der Waals surface area contributed by atoms with Gasteiger partial charge in [0.05, 0.1) is 14.2 Å². The summed E-state index contributed by atoms with van der Waals surface area (Å²) in [6.45, 7) is 0.0668. The topological polar surface area (TPSA) is 98.3 Å².